The molecule has 6 nitrogen and oxygen atoms in total. The summed E-state index contributed by atoms with van der Waals surface area (Å²) in [6.45, 7) is 9.26. The normalized spacial score (nSPS) is 14.9. The van der Waals surface area contributed by atoms with Crippen molar-refractivity contribution in [2.45, 2.75) is 39.7 Å². The second-order valence-corrected chi connectivity index (χ2v) is 9.35. The molecule has 3 aromatic rings. The van der Waals surface area contributed by atoms with Crippen LogP contribution in [0.4, 0.5) is 5.69 Å². The number of nitrogens with zero attached hydrogens (tertiary/aromatic N) is 3. The van der Waals surface area contributed by atoms with E-state index >= 15 is 0 Å². The van der Waals surface area contributed by atoms with Crippen molar-refractivity contribution in [3.63, 3.8) is 0 Å². The van der Waals surface area contributed by atoms with E-state index in [1.807, 2.05) is 44.3 Å². The Morgan fingerprint density at radius 1 is 1.00 bits per heavy atom. The molecule has 1 amide bonds. The average molecular weight is 459 g/mol. The summed E-state index contributed by atoms with van der Waals surface area (Å²) in [5, 5.41) is 4.11. The van der Waals surface area contributed by atoms with Gasteiger partial charge in [-0.1, -0.05) is 25.1 Å². The molecule has 2 aromatic carbocycles. The first-order valence-corrected chi connectivity index (χ1v) is 12.1. The van der Waals surface area contributed by atoms with E-state index in [9.17, 15) is 9.59 Å². The number of amides is 1. The lowest BCUT2D eigenvalue weighted by Crippen LogP contribution is -2.43. The minimum absolute atomic E-state index is 0.166. The van der Waals surface area contributed by atoms with Gasteiger partial charge in [0, 0.05) is 68.4 Å². The third-order valence-corrected chi connectivity index (χ3v) is 6.56. The molecule has 2 heterocycles. The molecular formula is C28H34N4O2. The zero-order chi connectivity index (χ0) is 24.1. The molecule has 0 radical (unpaired) electrons. The van der Waals surface area contributed by atoms with Gasteiger partial charge in [-0.15, -0.1) is 0 Å². The molecule has 6 heteroatoms. The molecule has 1 aliphatic rings. The van der Waals surface area contributed by atoms with Crippen molar-refractivity contribution < 1.29 is 9.59 Å². The number of likely N-dealkylation sites (N-methyl/N-ethyl adjacent to an activating group) is 1. The van der Waals surface area contributed by atoms with Crippen molar-refractivity contribution in [1.82, 2.24) is 14.8 Å². The Morgan fingerprint density at radius 3 is 2.44 bits per heavy atom. The number of piperazine rings is 1. The summed E-state index contributed by atoms with van der Waals surface area (Å²) in [6, 6.07) is 13.5. The van der Waals surface area contributed by atoms with Crippen molar-refractivity contribution >= 4 is 28.3 Å². The number of aryl methyl sites for hydroxylation is 1. The van der Waals surface area contributed by atoms with Crippen LogP contribution in [0.2, 0.25) is 0 Å². The SMILES string of the molecule is CCCC(=O)Cc1ccc(C(=O)Nc2ccc3cc(CN4CCN(C)CC4)cnc3c2C)cc1. The van der Waals surface area contributed by atoms with Gasteiger partial charge in [0.2, 0.25) is 0 Å². The van der Waals surface area contributed by atoms with E-state index in [0.29, 0.717) is 18.4 Å². The zero-order valence-corrected chi connectivity index (χ0v) is 20.4. The largest absolute Gasteiger partial charge is 0.322 e. The fourth-order valence-corrected chi connectivity index (χ4v) is 4.44. The van der Waals surface area contributed by atoms with Gasteiger partial charge in [-0.25, -0.2) is 0 Å². The molecule has 178 valence electrons. The van der Waals surface area contributed by atoms with Gasteiger partial charge in [0.1, 0.15) is 5.78 Å². The summed E-state index contributed by atoms with van der Waals surface area (Å²) >= 11 is 0. The van der Waals surface area contributed by atoms with Crippen LogP contribution in [0.5, 0.6) is 0 Å². The van der Waals surface area contributed by atoms with E-state index in [-0.39, 0.29) is 11.7 Å². The molecule has 0 atom stereocenters. The number of fused-ring (bicyclic) bond motifs is 1. The average Bonchev–Trinajstić information content (AvgIpc) is 2.83. The van der Waals surface area contributed by atoms with Crippen LogP contribution >= 0.6 is 0 Å². The maximum Gasteiger partial charge on any atom is 0.255 e. The molecule has 34 heavy (non-hydrogen) atoms. The first-order chi connectivity index (χ1) is 16.4. The van der Waals surface area contributed by atoms with Crippen LogP contribution in [0.15, 0.2) is 48.7 Å². The van der Waals surface area contributed by atoms with Crippen molar-refractivity contribution in [1.29, 1.82) is 0 Å². The molecule has 4 rings (SSSR count). The number of rotatable bonds is 8. The quantitative estimate of drug-likeness (QED) is 0.540. The Kier molecular flexibility index (Phi) is 7.70. The van der Waals surface area contributed by atoms with Gasteiger partial charge in [0.15, 0.2) is 0 Å². The van der Waals surface area contributed by atoms with Crippen LogP contribution < -0.4 is 5.32 Å². The Balaban J connectivity index is 1.43. The van der Waals surface area contributed by atoms with Crippen LogP contribution in [-0.2, 0) is 17.8 Å². The van der Waals surface area contributed by atoms with Gasteiger partial charge < -0.3 is 10.2 Å². The fraction of sp³-hybridized carbons (Fsp3) is 0.393. The third-order valence-electron chi connectivity index (χ3n) is 6.56. The predicted molar refractivity (Wildman–Crippen MR) is 137 cm³/mol. The van der Waals surface area contributed by atoms with Crippen LogP contribution in [0.1, 0.15) is 46.8 Å². The van der Waals surface area contributed by atoms with Crippen LogP contribution in [0.3, 0.4) is 0 Å². The molecule has 1 aromatic heterocycles. The van der Waals surface area contributed by atoms with Gasteiger partial charge in [0.25, 0.3) is 5.91 Å². The molecule has 1 saturated heterocycles. The highest BCUT2D eigenvalue weighted by Crippen LogP contribution is 2.25. The van der Waals surface area contributed by atoms with Gasteiger partial charge in [-0.2, -0.15) is 0 Å². The standard InChI is InChI=1S/C28H34N4O2/c1-4-5-25(33)17-21-6-8-23(9-7-21)28(34)30-26-11-10-24-16-22(18-29-27(24)20(26)2)19-32-14-12-31(3)13-15-32/h6-11,16,18H,4-5,12-15,17,19H2,1-3H3,(H,30,34). The third kappa shape index (κ3) is 5.88. The predicted octanol–water partition coefficient (Wildman–Crippen LogP) is 4.45. The molecule has 0 spiro atoms. The summed E-state index contributed by atoms with van der Waals surface area (Å²) in [4.78, 5) is 34.3. The van der Waals surface area contributed by atoms with Crippen LogP contribution in [0, 0.1) is 6.92 Å². The molecule has 0 saturated carbocycles. The smallest absolute Gasteiger partial charge is 0.255 e. The molecule has 0 aliphatic carbocycles. The number of Topliss-reactive ketones (excluding diaryl/α,β-unsaturated/α-hetero) is 1. The highest BCUT2D eigenvalue weighted by Gasteiger charge is 2.15. The highest BCUT2D eigenvalue weighted by atomic mass is 16.1. The molecule has 1 aliphatic heterocycles. The number of hydrogen-bond acceptors (Lipinski definition) is 5. The summed E-state index contributed by atoms with van der Waals surface area (Å²) in [6.07, 6.45) is 3.82. The van der Waals surface area contributed by atoms with Crippen molar-refractivity contribution in [2.75, 3.05) is 38.5 Å². The van der Waals surface area contributed by atoms with Gasteiger partial charge in [0.05, 0.1) is 5.52 Å². The highest BCUT2D eigenvalue weighted by molar-refractivity contribution is 6.06. The topological polar surface area (TPSA) is 65.5 Å². The number of anilines is 1. The molecule has 0 unspecified atom stereocenters. The van der Waals surface area contributed by atoms with E-state index in [2.05, 4.69) is 28.2 Å². The summed E-state index contributed by atoms with van der Waals surface area (Å²) < 4.78 is 0. The maximum absolute atomic E-state index is 12.8. The van der Waals surface area contributed by atoms with Crippen molar-refractivity contribution in [3.05, 3.63) is 70.9 Å². The summed E-state index contributed by atoms with van der Waals surface area (Å²) in [7, 11) is 2.17. The first-order valence-electron chi connectivity index (χ1n) is 12.1. The van der Waals surface area contributed by atoms with Gasteiger partial charge in [-0.3, -0.25) is 19.5 Å². The monoisotopic (exact) mass is 458 g/mol. The molecule has 1 fully saturated rings. The Labute approximate surface area is 202 Å². The lowest BCUT2D eigenvalue weighted by molar-refractivity contribution is -0.118. The number of aromatic nitrogens is 1. The molecular weight excluding hydrogens is 424 g/mol. The van der Waals surface area contributed by atoms with Crippen LogP contribution in [0.25, 0.3) is 10.9 Å². The zero-order valence-electron chi connectivity index (χ0n) is 20.4. The number of carbonyl (C=O) groups excluding carboxylic acids is 2. The Hall–Kier alpha value is -3.09. The minimum atomic E-state index is -0.166. The van der Waals surface area contributed by atoms with Gasteiger partial charge in [-0.05, 0) is 61.3 Å². The molecule has 1 N–H and O–H groups in total. The van der Waals surface area contributed by atoms with E-state index in [1.54, 1.807) is 12.1 Å². The minimum Gasteiger partial charge on any atom is -0.322 e. The summed E-state index contributed by atoms with van der Waals surface area (Å²) in [5.41, 5.74) is 5.35. The van der Waals surface area contributed by atoms with Crippen molar-refractivity contribution in [2.24, 2.45) is 0 Å². The van der Waals surface area contributed by atoms with E-state index < -0.39 is 0 Å². The lowest BCUT2D eigenvalue weighted by atomic mass is 10.0. The number of ketones is 1. The van der Waals surface area contributed by atoms with Crippen LogP contribution in [-0.4, -0.2) is 59.7 Å². The van der Waals surface area contributed by atoms with E-state index in [4.69, 9.17) is 4.98 Å². The maximum atomic E-state index is 12.8. The number of benzene rings is 2. The summed E-state index contributed by atoms with van der Waals surface area (Å²) in [5.74, 6) is 0.0613. The first kappa shape index (κ1) is 24.0. The Morgan fingerprint density at radius 2 is 1.74 bits per heavy atom. The van der Waals surface area contributed by atoms with Crippen molar-refractivity contribution in [3.8, 4) is 0 Å². The Bertz CT molecular complexity index is 1160. The van der Waals surface area contributed by atoms with E-state index in [1.165, 1.54) is 5.56 Å². The molecule has 0 bridgehead atoms. The number of nitrogens with one attached hydrogen (secondary N) is 1. The van der Waals surface area contributed by atoms with E-state index in [0.717, 1.165) is 66.9 Å². The number of carbonyl (C=O) groups is 2. The lowest BCUT2D eigenvalue weighted by Gasteiger charge is -2.32. The second kappa shape index (κ2) is 10.9. The number of pyridine rings is 1. The second-order valence-electron chi connectivity index (χ2n) is 9.35. The fourth-order valence-electron chi connectivity index (χ4n) is 4.44. The number of hydrogen-bond donors (Lipinski definition) is 1. The van der Waals surface area contributed by atoms with Gasteiger partial charge >= 0.3 is 0 Å².